The van der Waals surface area contributed by atoms with Crippen molar-refractivity contribution in [1.82, 2.24) is 14.5 Å². The Morgan fingerprint density at radius 1 is 0.786 bits per heavy atom. The lowest BCUT2D eigenvalue weighted by molar-refractivity contribution is 0.602. The van der Waals surface area contributed by atoms with Gasteiger partial charge in [0.1, 0.15) is 11.3 Å². The van der Waals surface area contributed by atoms with Crippen LogP contribution in [0.5, 0.6) is 0 Å². The van der Waals surface area contributed by atoms with E-state index in [4.69, 9.17) is 4.42 Å². The summed E-state index contributed by atoms with van der Waals surface area (Å²) in [5.74, 6) is 0.886. The summed E-state index contributed by atoms with van der Waals surface area (Å²) < 4.78 is 7.62. The molecule has 0 bridgehead atoms. The van der Waals surface area contributed by atoms with Crippen LogP contribution in [0.2, 0.25) is 0 Å². The Labute approximate surface area is 163 Å². The Bertz CT molecular complexity index is 1260. The van der Waals surface area contributed by atoms with Crippen LogP contribution in [0.25, 0.3) is 39.3 Å². The number of hydrogen-bond acceptors (Lipinski definition) is 3. The SMILES string of the molecule is Cc1cc(-c2ccccc2)cc(C)c1-n1ccnc1-c1ccc2ncoc2c1. The molecule has 0 aliphatic carbocycles. The van der Waals surface area contributed by atoms with Crippen molar-refractivity contribution in [2.75, 3.05) is 0 Å². The van der Waals surface area contributed by atoms with Crippen LogP contribution in [0.15, 0.2) is 83.9 Å². The fourth-order valence-electron chi connectivity index (χ4n) is 3.82. The molecular weight excluding hydrogens is 346 g/mol. The maximum Gasteiger partial charge on any atom is 0.181 e. The average molecular weight is 365 g/mol. The number of hydrogen-bond donors (Lipinski definition) is 0. The number of fused-ring (bicyclic) bond motifs is 1. The number of benzene rings is 3. The first-order valence-electron chi connectivity index (χ1n) is 9.25. The second kappa shape index (κ2) is 6.50. The van der Waals surface area contributed by atoms with Crippen molar-refractivity contribution in [3.63, 3.8) is 0 Å². The Morgan fingerprint density at radius 3 is 2.36 bits per heavy atom. The number of aryl methyl sites for hydroxylation is 2. The Morgan fingerprint density at radius 2 is 1.57 bits per heavy atom. The first kappa shape index (κ1) is 16.5. The molecule has 0 aliphatic rings. The van der Waals surface area contributed by atoms with Crippen LogP contribution in [0, 0.1) is 13.8 Å². The zero-order chi connectivity index (χ0) is 19.1. The van der Waals surface area contributed by atoms with Crippen LogP contribution in [-0.4, -0.2) is 14.5 Å². The van der Waals surface area contributed by atoms with E-state index in [1.165, 1.54) is 28.6 Å². The monoisotopic (exact) mass is 365 g/mol. The molecule has 3 aromatic carbocycles. The first-order chi connectivity index (χ1) is 13.7. The molecule has 0 unspecified atom stereocenters. The van der Waals surface area contributed by atoms with E-state index in [9.17, 15) is 0 Å². The smallest absolute Gasteiger partial charge is 0.181 e. The van der Waals surface area contributed by atoms with Crippen molar-refractivity contribution in [3.8, 4) is 28.2 Å². The minimum absolute atomic E-state index is 0.764. The van der Waals surface area contributed by atoms with Gasteiger partial charge in [0.25, 0.3) is 0 Å². The van der Waals surface area contributed by atoms with Crippen molar-refractivity contribution in [2.24, 2.45) is 0 Å². The minimum atomic E-state index is 0.764. The van der Waals surface area contributed by atoms with E-state index in [1.54, 1.807) is 0 Å². The summed E-state index contributed by atoms with van der Waals surface area (Å²) in [6, 6.07) is 20.9. The van der Waals surface area contributed by atoms with Gasteiger partial charge in [-0.3, -0.25) is 4.57 Å². The Balaban J connectivity index is 1.64. The highest BCUT2D eigenvalue weighted by atomic mass is 16.3. The molecule has 0 aliphatic heterocycles. The van der Waals surface area contributed by atoms with Crippen LogP contribution in [-0.2, 0) is 0 Å². The zero-order valence-corrected chi connectivity index (χ0v) is 15.8. The molecule has 0 saturated carbocycles. The van der Waals surface area contributed by atoms with Crippen molar-refractivity contribution < 1.29 is 4.42 Å². The van der Waals surface area contributed by atoms with E-state index in [1.807, 2.05) is 36.7 Å². The zero-order valence-electron chi connectivity index (χ0n) is 15.8. The fourth-order valence-corrected chi connectivity index (χ4v) is 3.82. The first-order valence-corrected chi connectivity index (χ1v) is 9.25. The van der Waals surface area contributed by atoms with Gasteiger partial charge in [0.05, 0.1) is 5.69 Å². The van der Waals surface area contributed by atoms with Gasteiger partial charge in [0.15, 0.2) is 12.0 Å². The topological polar surface area (TPSA) is 43.9 Å². The van der Waals surface area contributed by atoms with Gasteiger partial charge in [-0.15, -0.1) is 0 Å². The van der Waals surface area contributed by atoms with Gasteiger partial charge in [-0.1, -0.05) is 30.3 Å². The van der Waals surface area contributed by atoms with Crippen molar-refractivity contribution in [3.05, 3.63) is 90.6 Å². The highest BCUT2D eigenvalue weighted by molar-refractivity contribution is 5.79. The van der Waals surface area contributed by atoms with Crippen LogP contribution >= 0.6 is 0 Å². The van der Waals surface area contributed by atoms with Gasteiger partial charge < -0.3 is 4.42 Å². The molecule has 0 saturated heterocycles. The van der Waals surface area contributed by atoms with E-state index in [-0.39, 0.29) is 0 Å². The summed E-state index contributed by atoms with van der Waals surface area (Å²) in [6.45, 7) is 4.30. The molecule has 0 N–H and O–H groups in total. The summed E-state index contributed by atoms with van der Waals surface area (Å²) in [7, 11) is 0. The van der Waals surface area contributed by atoms with Crippen molar-refractivity contribution in [2.45, 2.75) is 13.8 Å². The largest absolute Gasteiger partial charge is 0.443 e. The summed E-state index contributed by atoms with van der Waals surface area (Å²) in [5.41, 5.74) is 8.63. The lowest BCUT2D eigenvalue weighted by Crippen LogP contribution is -2.02. The van der Waals surface area contributed by atoms with Crippen LogP contribution in [0.4, 0.5) is 0 Å². The number of nitrogens with zero attached hydrogens (tertiary/aromatic N) is 3. The van der Waals surface area contributed by atoms with Gasteiger partial charge in [-0.25, -0.2) is 9.97 Å². The summed E-state index contributed by atoms with van der Waals surface area (Å²) >= 11 is 0. The maximum atomic E-state index is 5.47. The molecule has 2 heterocycles. The molecule has 4 heteroatoms. The van der Waals surface area contributed by atoms with Gasteiger partial charge in [-0.05, 0) is 66.4 Å². The van der Waals surface area contributed by atoms with E-state index in [0.29, 0.717) is 0 Å². The number of oxazole rings is 1. The minimum Gasteiger partial charge on any atom is -0.443 e. The Kier molecular flexibility index (Phi) is 3.83. The average Bonchev–Trinajstić information content (AvgIpc) is 3.37. The van der Waals surface area contributed by atoms with Crippen LogP contribution in [0.1, 0.15) is 11.1 Å². The van der Waals surface area contributed by atoms with Gasteiger partial charge in [-0.2, -0.15) is 0 Å². The Hall–Kier alpha value is -3.66. The van der Waals surface area contributed by atoms with E-state index in [0.717, 1.165) is 28.2 Å². The van der Waals surface area contributed by atoms with E-state index in [2.05, 4.69) is 64.8 Å². The highest BCUT2D eigenvalue weighted by Gasteiger charge is 2.14. The van der Waals surface area contributed by atoms with Crippen molar-refractivity contribution in [1.29, 1.82) is 0 Å². The summed E-state index contributed by atoms with van der Waals surface area (Å²) in [4.78, 5) is 8.81. The lowest BCUT2D eigenvalue weighted by Gasteiger charge is -2.16. The third-order valence-electron chi connectivity index (χ3n) is 5.07. The number of aromatic nitrogens is 3. The second-order valence-electron chi connectivity index (χ2n) is 6.98. The quantitative estimate of drug-likeness (QED) is 0.396. The third-order valence-corrected chi connectivity index (χ3v) is 5.07. The van der Waals surface area contributed by atoms with Crippen molar-refractivity contribution >= 4 is 11.1 Å². The molecule has 0 amide bonds. The van der Waals surface area contributed by atoms with Crippen LogP contribution in [0.3, 0.4) is 0 Å². The standard InChI is InChI=1S/C24H19N3O/c1-16-12-20(18-6-4-3-5-7-18)13-17(2)23(16)27-11-10-25-24(27)19-8-9-21-22(14-19)28-15-26-21/h3-15H,1-2H3. The third kappa shape index (κ3) is 2.70. The molecule has 5 aromatic rings. The molecule has 2 aromatic heterocycles. The predicted octanol–water partition coefficient (Wildman–Crippen LogP) is 5.96. The fraction of sp³-hybridized carbons (Fsp3) is 0.0833. The summed E-state index contributed by atoms with van der Waals surface area (Å²) in [6.07, 6.45) is 5.32. The molecule has 28 heavy (non-hydrogen) atoms. The molecule has 4 nitrogen and oxygen atoms in total. The van der Waals surface area contributed by atoms with Crippen LogP contribution < -0.4 is 0 Å². The molecular formula is C24H19N3O. The van der Waals surface area contributed by atoms with E-state index >= 15 is 0 Å². The number of rotatable bonds is 3. The number of imidazole rings is 1. The van der Waals surface area contributed by atoms with Gasteiger partial charge in [0, 0.05) is 18.0 Å². The van der Waals surface area contributed by atoms with Gasteiger partial charge >= 0.3 is 0 Å². The maximum absolute atomic E-state index is 5.47. The highest BCUT2D eigenvalue weighted by Crippen LogP contribution is 2.31. The molecule has 0 fully saturated rings. The predicted molar refractivity (Wildman–Crippen MR) is 111 cm³/mol. The second-order valence-corrected chi connectivity index (χ2v) is 6.98. The molecule has 5 rings (SSSR count). The molecule has 0 atom stereocenters. The molecule has 136 valence electrons. The van der Waals surface area contributed by atoms with E-state index < -0.39 is 0 Å². The summed E-state index contributed by atoms with van der Waals surface area (Å²) in [5, 5.41) is 0. The molecule has 0 radical (unpaired) electrons. The lowest BCUT2D eigenvalue weighted by atomic mass is 9.98. The van der Waals surface area contributed by atoms with Gasteiger partial charge in [0.2, 0.25) is 0 Å². The normalized spacial score (nSPS) is 11.2. The molecule has 0 spiro atoms.